The quantitative estimate of drug-likeness (QED) is 0.878. The van der Waals surface area contributed by atoms with E-state index in [1.807, 2.05) is 25.1 Å². The summed E-state index contributed by atoms with van der Waals surface area (Å²) in [6, 6.07) is 6.21. The summed E-state index contributed by atoms with van der Waals surface area (Å²) in [7, 11) is 0. The van der Waals surface area contributed by atoms with E-state index in [1.54, 1.807) is 0 Å². The van der Waals surface area contributed by atoms with E-state index in [9.17, 15) is 4.79 Å². The SMILES string of the molecule is CC(N)c1ccc(N2CCCC3C(=O)NCC32)c(Cl)c1. The number of amides is 1. The molecule has 3 unspecified atom stereocenters. The first-order valence-corrected chi connectivity index (χ1v) is 7.55. The first kappa shape index (κ1) is 13.7. The molecule has 3 atom stereocenters. The number of anilines is 1. The molecule has 0 aromatic heterocycles. The van der Waals surface area contributed by atoms with Crippen LogP contribution in [-0.4, -0.2) is 25.0 Å². The lowest BCUT2D eigenvalue weighted by atomic mass is 9.91. The summed E-state index contributed by atoms with van der Waals surface area (Å²) in [6.07, 6.45) is 2.00. The van der Waals surface area contributed by atoms with Crippen LogP contribution in [0.25, 0.3) is 0 Å². The van der Waals surface area contributed by atoms with Crippen LogP contribution in [0.1, 0.15) is 31.4 Å². The van der Waals surface area contributed by atoms with Gasteiger partial charge in [0.15, 0.2) is 0 Å². The predicted molar refractivity (Wildman–Crippen MR) is 80.9 cm³/mol. The third kappa shape index (κ3) is 2.27. The Morgan fingerprint density at radius 2 is 2.30 bits per heavy atom. The number of halogens is 1. The number of nitrogens with zero attached hydrogens (tertiary/aromatic N) is 1. The fraction of sp³-hybridized carbons (Fsp3) is 0.533. The van der Waals surface area contributed by atoms with Gasteiger partial charge in [0, 0.05) is 19.1 Å². The van der Waals surface area contributed by atoms with Crippen molar-refractivity contribution in [1.29, 1.82) is 0 Å². The van der Waals surface area contributed by atoms with Crippen molar-refractivity contribution in [3.63, 3.8) is 0 Å². The highest BCUT2D eigenvalue weighted by Crippen LogP contribution is 2.36. The van der Waals surface area contributed by atoms with E-state index < -0.39 is 0 Å². The van der Waals surface area contributed by atoms with Crippen LogP contribution < -0.4 is 16.0 Å². The van der Waals surface area contributed by atoms with Gasteiger partial charge in [-0.1, -0.05) is 17.7 Å². The van der Waals surface area contributed by atoms with Crippen LogP contribution in [0.2, 0.25) is 5.02 Å². The van der Waals surface area contributed by atoms with Crippen molar-refractivity contribution in [2.75, 3.05) is 18.0 Å². The summed E-state index contributed by atoms with van der Waals surface area (Å²) >= 11 is 6.43. The van der Waals surface area contributed by atoms with Gasteiger partial charge in [0.25, 0.3) is 0 Å². The topological polar surface area (TPSA) is 58.4 Å². The van der Waals surface area contributed by atoms with E-state index >= 15 is 0 Å². The van der Waals surface area contributed by atoms with Crippen molar-refractivity contribution in [2.24, 2.45) is 11.7 Å². The summed E-state index contributed by atoms with van der Waals surface area (Å²) in [5, 5.41) is 3.69. The Hall–Kier alpha value is -1.26. The molecule has 2 aliphatic heterocycles. The highest BCUT2D eigenvalue weighted by Gasteiger charge is 2.41. The zero-order chi connectivity index (χ0) is 14.3. The molecule has 5 heteroatoms. The second-order valence-electron chi connectivity index (χ2n) is 5.75. The van der Waals surface area contributed by atoms with Crippen LogP contribution >= 0.6 is 11.6 Å². The van der Waals surface area contributed by atoms with E-state index in [4.69, 9.17) is 17.3 Å². The minimum Gasteiger partial charge on any atom is -0.365 e. The Bertz CT molecular complexity index is 532. The molecule has 4 nitrogen and oxygen atoms in total. The number of benzene rings is 1. The van der Waals surface area contributed by atoms with Gasteiger partial charge in [-0.05, 0) is 37.5 Å². The van der Waals surface area contributed by atoms with Crippen LogP contribution in [0.5, 0.6) is 0 Å². The summed E-state index contributed by atoms with van der Waals surface area (Å²) in [5.41, 5.74) is 7.94. The van der Waals surface area contributed by atoms with Crippen LogP contribution in [0.3, 0.4) is 0 Å². The van der Waals surface area contributed by atoms with Crippen LogP contribution in [0, 0.1) is 5.92 Å². The minimum absolute atomic E-state index is 0.0228. The maximum Gasteiger partial charge on any atom is 0.225 e. The highest BCUT2D eigenvalue weighted by atomic mass is 35.5. The number of nitrogens with two attached hydrogens (primary N) is 1. The van der Waals surface area contributed by atoms with Gasteiger partial charge in [-0.3, -0.25) is 4.79 Å². The summed E-state index contributed by atoms with van der Waals surface area (Å²) in [5.74, 6) is 0.288. The second-order valence-corrected chi connectivity index (χ2v) is 6.16. The summed E-state index contributed by atoms with van der Waals surface area (Å²) in [6.45, 7) is 3.62. The monoisotopic (exact) mass is 293 g/mol. The molecule has 3 N–H and O–H groups in total. The van der Waals surface area contributed by atoms with Crippen LogP contribution in [0.4, 0.5) is 5.69 Å². The molecule has 2 heterocycles. The van der Waals surface area contributed by atoms with Gasteiger partial charge in [-0.25, -0.2) is 0 Å². The van der Waals surface area contributed by atoms with Crippen molar-refractivity contribution in [3.8, 4) is 0 Å². The van der Waals surface area contributed by atoms with Crippen LogP contribution in [0.15, 0.2) is 18.2 Å². The molecule has 0 bridgehead atoms. The Morgan fingerprint density at radius 3 is 3.00 bits per heavy atom. The molecule has 0 radical (unpaired) electrons. The third-order valence-corrected chi connectivity index (χ3v) is 4.71. The molecular formula is C15H20ClN3O. The smallest absolute Gasteiger partial charge is 0.225 e. The van der Waals surface area contributed by atoms with E-state index in [-0.39, 0.29) is 23.9 Å². The summed E-state index contributed by atoms with van der Waals surface area (Å²) in [4.78, 5) is 14.1. The average Bonchev–Trinajstić information content (AvgIpc) is 2.81. The van der Waals surface area contributed by atoms with Crippen molar-refractivity contribution in [2.45, 2.75) is 31.8 Å². The van der Waals surface area contributed by atoms with Gasteiger partial charge >= 0.3 is 0 Å². The van der Waals surface area contributed by atoms with E-state index in [2.05, 4.69) is 10.2 Å². The fourth-order valence-electron chi connectivity index (χ4n) is 3.29. The van der Waals surface area contributed by atoms with E-state index in [0.29, 0.717) is 0 Å². The first-order chi connectivity index (χ1) is 9.58. The van der Waals surface area contributed by atoms with Gasteiger partial charge in [-0.15, -0.1) is 0 Å². The number of nitrogens with one attached hydrogen (secondary N) is 1. The van der Waals surface area contributed by atoms with Gasteiger partial charge in [0.2, 0.25) is 5.91 Å². The fourth-order valence-corrected chi connectivity index (χ4v) is 3.59. The van der Waals surface area contributed by atoms with Crippen molar-refractivity contribution < 1.29 is 4.79 Å². The molecular weight excluding hydrogens is 274 g/mol. The number of carbonyl (C=O) groups excluding carboxylic acids is 1. The molecule has 0 aliphatic carbocycles. The normalized spacial score (nSPS) is 27.1. The molecule has 1 aromatic carbocycles. The number of piperidine rings is 1. The van der Waals surface area contributed by atoms with Crippen LogP contribution in [-0.2, 0) is 4.79 Å². The molecule has 108 valence electrons. The molecule has 0 spiro atoms. The Morgan fingerprint density at radius 1 is 1.50 bits per heavy atom. The van der Waals surface area contributed by atoms with Crippen molar-refractivity contribution in [1.82, 2.24) is 5.32 Å². The molecule has 20 heavy (non-hydrogen) atoms. The molecule has 2 fully saturated rings. The number of fused-ring (bicyclic) bond motifs is 1. The average molecular weight is 294 g/mol. The zero-order valence-corrected chi connectivity index (χ0v) is 12.4. The first-order valence-electron chi connectivity index (χ1n) is 7.17. The lowest BCUT2D eigenvalue weighted by molar-refractivity contribution is -0.122. The molecule has 2 saturated heterocycles. The van der Waals surface area contributed by atoms with E-state index in [0.717, 1.165) is 42.2 Å². The van der Waals surface area contributed by atoms with E-state index in [1.165, 1.54) is 0 Å². The molecule has 1 aromatic rings. The number of hydrogen-bond acceptors (Lipinski definition) is 3. The summed E-state index contributed by atoms with van der Waals surface area (Å²) < 4.78 is 0. The van der Waals surface area contributed by atoms with Crippen molar-refractivity contribution >= 4 is 23.2 Å². The zero-order valence-electron chi connectivity index (χ0n) is 11.6. The van der Waals surface area contributed by atoms with Gasteiger partial charge < -0.3 is 16.0 Å². The maximum absolute atomic E-state index is 11.8. The van der Waals surface area contributed by atoms with Gasteiger partial charge in [0.05, 0.1) is 22.7 Å². The molecule has 3 rings (SSSR count). The lowest BCUT2D eigenvalue weighted by Gasteiger charge is -2.38. The van der Waals surface area contributed by atoms with Crippen molar-refractivity contribution in [3.05, 3.63) is 28.8 Å². The Kier molecular flexibility index (Phi) is 3.61. The third-order valence-electron chi connectivity index (χ3n) is 4.41. The standard InChI is InChI=1S/C15H20ClN3O/c1-9(17)10-4-5-13(12(16)7-10)19-6-2-3-11-14(19)8-18-15(11)20/h4-5,7,9,11,14H,2-3,6,8,17H2,1H3,(H,18,20). The lowest BCUT2D eigenvalue weighted by Crippen LogP contribution is -2.45. The number of carbonyl (C=O) groups is 1. The largest absolute Gasteiger partial charge is 0.365 e. The Labute approximate surface area is 124 Å². The molecule has 2 aliphatic rings. The number of hydrogen-bond donors (Lipinski definition) is 2. The minimum atomic E-state index is -0.0228. The highest BCUT2D eigenvalue weighted by molar-refractivity contribution is 6.33. The second kappa shape index (κ2) is 5.26. The maximum atomic E-state index is 11.8. The number of rotatable bonds is 2. The molecule has 1 amide bonds. The molecule has 0 saturated carbocycles. The predicted octanol–water partition coefficient (Wildman–Crippen LogP) is 2.07. The van der Waals surface area contributed by atoms with Gasteiger partial charge in [0.1, 0.15) is 0 Å². The Balaban J connectivity index is 1.90. The van der Waals surface area contributed by atoms with Gasteiger partial charge in [-0.2, -0.15) is 0 Å².